The van der Waals surface area contributed by atoms with Crippen molar-refractivity contribution in [3.63, 3.8) is 0 Å². The van der Waals surface area contributed by atoms with Crippen molar-refractivity contribution in [1.82, 2.24) is 4.57 Å². The minimum Gasteiger partial charge on any atom is -0.477 e. The van der Waals surface area contributed by atoms with Gasteiger partial charge in [0.1, 0.15) is 5.56 Å². The Morgan fingerprint density at radius 1 is 1.29 bits per heavy atom. The first kappa shape index (κ1) is 13.5. The lowest BCUT2D eigenvalue weighted by atomic mass is 10.2. The van der Waals surface area contributed by atoms with Gasteiger partial charge in [0.25, 0.3) is 5.56 Å². The summed E-state index contributed by atoms with van der Waals surface area (Å²) in [7, 11) is 0. The molecule has 0 fully saturated rings. The third-order valence-corrected chi connectivity index (χ3v) is 2.86. The lowest BCUT2D eigenvalue weighted by molar-refractivity contribution is 0.0694. The fourth-order valence-electron chi connectivity index (χ4n) is 1.81. The first-order valence-electron chi connectivity index (χ1n) is 6.01. The normalized spacial score (nSPS) is 10.5. The highest BCUT2D eigenvalue weighted by Crippen LogP contribution is 2.04. The molecule has 0 saturated carbocycles. The van der Waals surface area contributed by atoms with Gasteiger partial charge in [0.2, 0.25) is 0 Å². The van der Waals surface area contributed by atoms with Gasteiger partial charge in [0.15, 0.2) is 0 Å². The summed E-state index contributed by atoms with van der Waals surface area (Å²) in [5.74, 6) is -1.16. The van der Waals surface area contributed by atoms with Gasteiger partial charge in [-0.15, -0.1) is 0 Å². The summed E-state index contributed by atoms with van der Waals surface area (Å²) in [5, 5.41) is 8.88. The highest BCUT2D eigenvalue weighted by Gasteiger charge is 2.11. The van der Waals surface area contributed by atoms with E-state index in [4.69, 9.17) is 5.11 Å². The van der Waals surface area contributed by atoms with Crippen LogP contribution in [0.25, 0.3) is 0 Å². The molecule has 1 aromatic heterocycles. The Balaban J connectivity index is 2.87. The predicted molar refractivity (Wildman–Crippen MR) is 66.5 cm³/mol. The van der Waals surface area contributed by atoms with Gasteiger partial charge in [0.05, 0.1) is 0 Å². The lowest BCUT2D eigenvalue weighted by Gasteiger charge is -2.10. The average Bonchev–Trinajstić information content (AvgIpc) is 2.27. The number of carboxylic acid groups (broad SMARTS) is 1. The van der Waals surface area contributed by atoms with Gasteiger partial charge in [-0.1, -0.05) is 26.2 Å². The number of carboxylic acids is 1. The van der Waals surface area contributed by atoms with Crippen molar-refractivity contribution < 1.29 is 9.90 Å². The maximum absolute atomic E-state index is 11.9. The molecule has 1 aromatic rings. The zero-order chi connectivity index (χ0) is 12.8. The van der Waals surface area contributed by atoms with E-state index in [2.05, 4.69) is 6.92 Å². The van der Waals surface area contributed by atoms with Crippen LogP contribution in [0.5, 0.6) is 0 Å². The molecule has 0 radical (unpaired) electrons. The lowest BCUT2D eigenvalue weighted by Crippen LogP contribution is -2.27. The number of hydrogen-bond acceptors (Lipinski definition) is 2. The van der Waals surface area contributed by atoms with Gasteiger partial charge in [-0.25, -0.2) is 4.79 Å². The highest BCUT2D eigenvalue weighted by molar-refractivity contribution is 5.87. The number of rotatable bonds is 6. The Kier molecular flexibility index (Phi) is 4.94. The fourth-order valence-corrected chi connectivity index (χ4v) is 1.81. The second-order valence-electron chi connectivity index (χ2n) is 4.21. The average molecular weight is 237 g/mol. The molecule has 0 aliphatic rings. The van der Waals surface area contributed by atoms with Crippen molar-refractivity contribution in [2.75, 3.05) is 0 Å². The molecule has 0 bridgehead atoms. The second-order valence-corrected chi connectivity index (χ2v) is 4.21. The molecule has 0 saturated heterocycles. The molecule has 0 spiro atoms. The summed E-state index contributed by atoms with van der Waals surface area (Å²) >= 11 is 0. The molecule has 1 heterocycles. The predicted octanol–water partition coefficient (Wildman–Crippen LogP) is 2.44. The number of unbranched alkanes of at least 4 members (excludes halogenated alkanes) is 3. The van der Waals surface area contributed by atoms with E-state index in [0.29, 0.717) is 6.54 Å². The van der Waals surface area contributed by atoms with Crippen LogP contribution in [0.15, 0.2) is 16.9 Å². The smallest absolute Gasteiger partial charge is 0.341 e. The number of carbonyl (C=O) groups is 1. The van der Waals surface area contributed by atoms with Gasteiger partial charge >= 0.3 is 5.97 Å². The first-order valence-corrected chi connectivity index (χ1v) is 6.01. The van der Waals surface area contributed by atoms with E-state index < -0.39 is 11.5 Å². The Morgan fingerprint density at radius 3 is 2.59 bits per heavy atom. The van der Waals surface area contributed by atoms with Crippen molar-refractivity contribution in [2.24, 2.45) is 0 Å². The van der Waals surface area contributed by atoms with Gasteiger partial charge in [0, 0.05) is 12.2 Å². The van der Waals surface area contributed by atoms with Crippen LogP contribution in [0, 0.1) is 6.92 Å². The van der Waals surface area contributed by atoms with Crippen molar-refractivity contribution in [3.8, 4) is 0 Å². The van der Waals surface area contributed by atoms with Crippen molar-refractivity contribution >= 4 is 5.97 Å². The topological polar surface area (TPSA) is 59.3 Å². The van der Waals surface area contributed by atoms with Crippen LogP contribution in [0.3, 0.4) is 0 Å². The zero-order valence-corrected chi connectivity index (χ0v) is 10.4. The van der Waals surface area contributed by atoms with E-state index in [1.54, 1.807) is 10.6 Å². The maximum atomic E-state index is 11.9. The van der Waals surface area contributed by atoms with Crippen molar-refractivity contribution in [2.45, 2.75) is 46.1 Å². The van der Waals surface area contributed by atoms with E-state index in [1.165, 1.54) is 6.07 Å². The number of nitrogens with zero attached hydrogens (tertiary/aromatic N) is 1. The largest absolute Gasteiger partial charge is 0.477 e. The molecular weight excluding hydrogens is 218 g/mol. The van der Waals surface area contributed by atoms with Gasteiger partial charge in [-0.3, -0.25) is 4.79 Å². The molecule has 0 atom stereocenters. The van der Waals surface area contributed by atoms with Crippen LogP contribution in [0.4, 0.5) is 0 Å². The van der Waals surface area contributed by atoms with Crippen molar-refractivity contribution in [3.05, 3.63) is 33.7 Å². The second kappa shape index (κ2) is 6.23. The van der Waals surface area contributed by atoms with Gasteiger partial charge in [-0.05, 0) is 25.5 Å². The first-order chi connectivity index (χ1) is 8.07. The highest BCUT2D eigenvalue weighted by atomic mass is 16.4. The number of aromatic nitrogens is 1. The molecule has 1 rings (SSSR count). The minimum absolute atomic E-state index is 0.147. The molecule has 4 heteroatoms. The molecule has 0 aliphatic heterocycles. The van der Waals surface area contributed by atoms with Crippen LogP contribution < -0.4 is 5.56 Å². The summed E-state index contributed by atoms with van der Waals surface area (Å²) < 4.78 is 1.55. The van der Waals surface area contributed by atoms with E-state index in [-0.39, 0.29) is 5.56 Å². The Hall–Kier alpha value is -1.58. The Bertz CT molecular complexity index is 448. The zero-order valence-electron chi connectivity index (χ0n) is 10.4. The molecule has 0 aromatic carbocycles. The summed E-state index contributed by atoms with van der Waals surface area (Å²) in [6.07, 6.45) is 4.27. The fraction of sp³-hybridized carbons (Fsp3) is 0.538. The number of aryl methyl sites for hydroxylation is 1. The maximum Gasteiger partial charge on any atom is 0.341 e. The van der Waals surface area contributed by atoms with E-state index in [1.807, 2.05) is 6.92 Å². The third kappa shape index (κ3) is 3.44. The van der Waals surface area contributed by atoms with Crippen molar-refractivity contribution in [1.29, 1.82) is 0 Å². The molecule has 1 N–H and O–H groups in total. The molecule has 4 nitrogen and oxygen atoms in total. The molecule has 94 valence electrons. The standard InChI is InChI=1S/C13H19NO3/c1-3-4-5-6-9-14-10(2)7-8-11(12(14)15)13(16)17/h7-8H,3-6,9H2,1-2H3,(H,16,17). The quantitative estimate of drug-likeness (QED) is 0.773. The molecule has 0 amide bonds. The summed E-state index contributed by atoms with van der Waals surface area (Å²) in [6, 6.07) is 3.06. The summed E-state index contributed by atoms with van der Waals surface area (Å²) in [4.78, 5) is 22.7. The van der Waals surface area contributed by atoms with Gasteiger partial charge in [-0.2, -0.15) is 0 Å². The van der Waals surface area contributed by atoms with Crippen LogP contribution >= 0.6 is 0 Å². The Labute approximate surface area is 101 Å². The Morgan fingerprint density at radius 2 is 2.00 bits per heavy atom. The van der Waals surface area contributed by atoms with Gasteiger partial charge < -0.3 is 9.67 Å². The molecule has 0 unspecified atom stereocenters. The molecule has 0 aliphatic carbocycles. The van der Waals surface area contributed by atoms with Crippen LogP contribution in [-0.2, 0) is 6.54 Å². The number of pyridine rings is 1. The number of aromatic carboxylic acids is 1. The van der Waals surface area contributed by atoms with E-state index in [0.717, 1.165) is 31.4 Å². The van der Waals surface area contributed by atoms with Crippen LogP contribution in [0.1, 0.15) is 48.7 Å². The minimum atomic E-state index is -1.16. The van der Waals surface area contributed by atoms with Crippen LogP contribution in [-0.4, -0.2) is 15.6 Å². The third-order valence-electron chi connectivity index (χ3n) is 2.86. The monoisotopic (exact) mass is 237 g/mol. The molecule has 17 heavy (non-hydrogen) atoms. The summed E-state index contributed by atoms with van der Waals surface area (Å²) in [5.41, 5.74) is 0.275. The van der Waals surface area contributed by atoms with E-state index >= 15 is 0 Å². The van der Waals surface area contributed by atoms with Crippen LogP contribution in [0.2, 0.25) is 0 Å². The summed E-state index contributed by atoms with van der Waals surface area (Å²) in [6.45, 7) is 4.56. The SMILES string of the molecule is CCCCCCn1c(C)ccc(C(=O)O)c1=O. The van der Waals surface area contributed by atoms with E-state index in [9.17, 15) is 9.59 Å². The molecular formula is C13H19NO3. The number of hydrogen-bond donors (Lipinski definition) is 1.